The van der Waals surface area contributed by atoms with E-state index in [-0.39, 0.29) is 10.8 Å². The minimum atomic E-state index is 0.110. The average Bonchev–Trinajstić information content (AvgIpc) is 3.66. The second kappa shape index (κ2) is 11.3. The third-order valence-corrected chi connectivity index (χ3v) is 15.2. The molecule has 0 radical (unpaired) electrons. The van der Waals surface area contributed by atoms with Crippen molar-refractivity contribution in [1.82, 2.24) is 0 Å². The predicted octanol–water partition coefficient (Wildman–Crippen LogP) is 13.8. The number of fused-ring (bicyclic) bond motifs is 8. The smallest absolute Gasteiger partial charge is 0.0543 e. The number of hydrogen-bond acceptors (Lipinski definition) is 1. The zero-order valence-electron chi connectivity index (χ0n) is 30.6. The van der Waals surface area contributed by atoms with E-state index in [0.29, 0.717) is 0 Å². The lowest BCUT2D eigenvalue weighted by Gasteiger charge is -2.61. The van der Waals surface area contributed by atoms with Crippen molar-refractivity contribution in [2.24, 2.45) is 23.7 Å². The van der Waals surface area contributed by atoms with E-state index in [9.17, 15) is 0 Å². The highest BCUT2D eigenvalue weighted by Gasteiger charge is 2.62. The highest BCUT2D eigenvalue weighted by atomic mass is 15.1. The summed E-state index contributed by atoms with van der Waals surface area (Å²) in [6.07, 6.45) is 13.5. The van der Waals surface area contributed by atoms with Crippen LogP contribution in [-0.2, 0) is 10.8 Å². The maximum Gasteiger partial charge on any atom is 0.0543 e. The van der Waals surface area contributed by atoms with E-state index < -0.39 is 0 Å². The second-order valence-electron chi connectivity index (χ2n) is 17.6. The van der Waals surface area contributed by atoms with Gasteiger partial charge in [-0.3, -0.25) is 0 Å². The molecule has 6 aromatic rings. The fraction of sp³-hybridized carbons (Fsp3) is 0.308. The SMILES string of the molecule is c1ccc(-c2ccc(N(c3cccc4c3-c3ccccc3C43CCCCC3)c3cccc4c3-c3ccccc3C43C4CC5CC(C4)CC3C5)cc2)cc1. The van der Waals surface area contributed by atoms with Crippen molar-refractivity contribution in [3.63, 3.8) is 0 Å². The zero-order valence-corrected chi connectivity index (χ0v) is 30.6. The van der Waals surface area contributed by atoms with E-state index in [1.807, 2.05) is 0 Å². The van der Waals surface area contributed by atoms with Crippen LogP contribution in [0.2, 0.25) is 0 Å². The number of benzene rings is 6. The van der Waals surface area contributed by atoms with Gasteiger partial charge >= 0.3 is 0 Å². The van der Waals surface area contributed by atoms with Crippen LogP contribution in [0.15, 0.2) is 140 Å². The maximum atomic E-state index is 2.68. The van der Waals surface area contributed by atoms with Crippen molar-refractivity contribution in [3.05, 3.63) is 162 Å². The van der Waals surface area contributed by atoms with Crippen LogP contribution in [0.1, 0.15) is 86.5 Å². The van der Waals surface area contributed by atoms with Gasteiger partial charge < -0.3 is 4.90 Å². The van der Waals surface area contributed by atoms with Crippen molar-refractivity contribution < 1.29 is 0 Å². The number of hydrogen-bond donors (Lipinski definition) is 0. The second-order valence-corrected chi connectivity index (χ2v) is 17.6. The summed E-state index contributed by atoms with van der Waals surface area (Å²) in [5.74, 6) is 3.35. The molecule has 2 spiro atoms. The van der Waals surface area contributed by atoms with Crippen molar-refractivity contribution in [2.45, 2.75) is 75.0 Å². The lowest BCUT2D eigenvalue weighted by molar-refractivity contribution is -0.0399. The summed E-state index contributed by atoms with van der Waals surface area (Å²) in [6.45, 7) is 0. The molecule has 7 aliphatic rings. The Bertz CT molecular complexity index is 2370. The summed E-state index contributed by atoms with van der Waals surface area (Å²) < 4.78 is 0. The monoisotopic (exact) mass is 685 g/mol. The Labute approximate surface area is 314 Å². The van der Waals surface area contributed by atoms with E-state index in [2.05, 4.69) is 144 Å². The van der Waals surface area contributed by atoms with E-state index in [0.717, 1.165) is 23.7 Å². The molecule has 0 heterocycles. The molecule has 0 amide bonds. The molecule has 7 aliphatic carbocycles. The van der Waals surface area contributed by atoms with Gasteiger partial charge in [-0.2, -0.15) is 0 Å². The average molecular weight is 686 g/mol. The molecule has 260 valence electrons. The summed E-state index contributed by atoms with van der Waals surface area (Å²) >= 11 is 0. The molecule has 1 nitrogen and oxygen atoms in total. The standard InChI is InChI=1S/C52H47N/c1-3-13-36(14-4-1)37-23-25-40(26-24-37)53(47-21-11-19-45-49(47)41-15-5-7-17-43(41)51(45)27-9-2-10-28-51)48-22-12-20-46-50(48)42-16-6-8-18-44(42)52(46)38-30-34-29-35(32-38)33-39(52)31-34/h1,3-8,11-26,34-35,38-39H,2,9-10,27-33H2. The first-order valence-corrected chi connectivity index (χ1v) is 20.7. The van der Waals surface area contributed by atoms with Crippen LogP contribution in [0.25, 0.3) is 33.4 Å². The Hall–Kier alpha value is -4.88. The molecule has 5 saturated carbocycles. The van der Waals surface area contributed by atoms with Crippen molar-refractivity contribution >= 4 is 17.1 Å². The van der Waals surface area contributed by atoms with Gasteiger partial charge in [0.25, 0.3) is 0 Å². The molecule has 5 fully saturated rings. The largest absolute Gasteiger partial charge is 0.309 e. The molecule has 13 rings (SSSR count). The maximum absolute atomic E-state index is 2.68. The van der Waals surface area contributed by atoms with E-state index in [1.165, 1.54) is 115 Å². The Morgan fingerprint density at radius 1 is 0.415 bits per heavy atom. The number of nitrogens with zero attached hydrogens (tertiary/aromatic N) is 1. The molecule has 4 bridgehead atoms. The normalized spacial score (nSPS) is 26.3. The molecular weight excluding hydrogens is 639 g/mol. The predicted molar refractivity (Wildman–Crippen MR) is 219 cm³/mol. The molecule has 1 heteroatoms. The van der Waals surface area contributed by atoms with Crippen molar-refractivity contribution in [2.75, 3.05) is 4.90 Å². The van der Waals surface area contributed by atoms with Gasteiger partial charge in [0.2, 0.25) is 0 Å². The molecule has 53 heavy (non-hydrogen) atoms. The summed E-state index contributed by atoms with van der Waals surface area (Å²) in [5.41, 5.74) is 18.9. The van der Waals surface area contributed by atoms with Crippen LogP contribution < -0.4 is 4.90 Å². The van der Waals surface area contributed by atoms with Gasteiger partial charge in [0.15, 0.2) is 0 Å². The first-order valence-electron chi connectivity index (χ1n) is 20.7. The summed E-state index contributed by atoms with van der Waals surface area (Å²) in [7, 11) is 0. The third kappa shape index (κ3) is 4.09. The highest BCUT2D eigenvalue weighted by molar-refractivity contribution is 6.00. The quantitative estimate of drug-likeness (QED) is 0.179. The fourth-order valence-electron chi connectivity index (χ4n) is 13.6. The van der Waals surface area contributed by atoms with Gasteiger partial charge in [0.1, 0.15) is 0 Å². The summed E-state index contributed by atoms with van der Waals surface area (Å²) in [5, 5.41) is 0. The molecule has 0 saturated heterocycles. The van der Waals surface area contributed by atoms with Crippen LogP contribution in [0.5, 0.6) is 0 Å². The highest BCUT2D eigenvalue weighted by Crippen LogP contribution is 2.70. The Balaban J connectivity index is 1.12. The summed E-state index contributed by atoms with van der Waals surface area (Å²) in [4.78, 5) is 2.68. The van der Waals surface area contributed by atoms with Crippen LogP contribution in [0.3, 0.4) is 0 Å². The van der Waals surface area contributed by atoms with E-state index in [1.54, 1.807) is 22.3 Å². The first-order chi connectivity index (χ1) is 26.2. The van der Waals surface area contributed by atoms with Crippen LogP contribution >= 0.6 is 0 Å². The van der Waals surface area contributed by atoms with Crippen molar-refractivity contribution in [3.8, 4) is 33.4 Å². The summed E-state index contributed by atoms with van der Waals surface area (Å²) in [6, 6.07) is 54.1. The van der Waals surface area contributed by atoms with Gasteiger partial charge in [-0.25, -0.2) is 0 Å². The number of anilines is 3. The zero-order chi connectivity index (χ0) is 34.7. The third-order valence-electron chi connectivity index (χ3n) is 15.2. The lowest BCUT2D eigenvalue weighted by Crippen LogP contribution is -2.55. The molecule has 0 N–H and O–H groups in total. The fourth-order valence-corrected chi connectivity index (χ4v) is 13.6. The van der Waals surface area contributed by atoms with Gasteiger partial charge in [-0.15, -0.1) is 0 Å². The van der Waals surface area contributed by atoms with Crippen LogP contribution in [0.4, 0.5) is 17.1 Å². The Morgan fingerprint density at radius 2 is 0.943 bits per heavy atom. The number of rotatable bonds is 4. The molecule has 0 atom stereocenters. The van der Waals surface area contributed by atoms with Gasteiger partial charge in [-0.05, 0) is 137 Å². The van der Waals surface area contributed by atoms with E-state index >= 15 is 0 Å². The minimum absolute atomic E-state index is 0.110. The minimum Gasteiger partial charge on any atom is -0.309 e. The first kappa shape index (κ1) is 30.6. The van der Waals surface area contributed by atoms with Gasteiger partial charge in [0, 0.05) is 27.6 Å². The topological polar surface area (TPSA) is 3.24 Å². The van der Waals surface area contributed by atoms with Gasteiger partial charge in [0.05, 0.1) is 11.4 Å². The van der Waals surface area contributed by atoms with Crippen LogP contribution in [0, 0.1) is 23.7 Å². The molecular formula is C52H47N. The Kier molecular flexibility index (Phi) is 6.53. The van der Waals surface area contributed by atoms with Crippen molar-refractivity contribution in [1.29, 1.82) is 0 Å². The molecule has 6 aromatic carbocycles. The van der Waals surface area contributed by atoms with Gasteiger partial charge in [-0.1, -0.05) is 135 Å². The lowest BCUT2D eigenvalue weighted by atomic mass is 9.43. The molecule has 0 aromatic heterocycles. The Morgan fingerprint density at radius 3 is 1.62 bits per heavy atom. The van der Waals surface area contributed by atoms with E-state index in [4.69, 9.17) is 0 Å². The van der Waals surface area contributed by atoms with Crippen LogP contribution in [-0.4, -0.2) is 0 Å². The molecule has 0 aliphatic heterocycles. The molecule has 0 unspecified atom stereocenters.